The van der Waals surface area contributed by atoms with Crippen LogP contribution in [0.4, 0.5) is 0 Å². The third kappa shape index (κ3) is 2.84. The van der Waals surface area contributed by atoms with Crippen molar-refractivity contribution in [2.45, 2.75) is 13.1 Å². The summed E-state index contributed by atoms with van der Waals surface area (Å²) in [6.45, 7) is 0.977. The topological polar surface area (TPSA) is 38.8 Å². The summed E-state index contributed by atoms with van der Waals surface area (Å²) in [4.78, 5) is 14.5. The molecule has 1 aliphatic rings. The second-order valence-electron chi connectivity index (χ2n) is 5.24. The summed E-state index contributed by atoms with van der Waals surface area (Å²) in [7, 11) is 3.09. The number of hydrogen-bond donors (Lipinski definition) is 0. The van der Waals surface area contributed by atoms with Crippen LogP contribution in [0, 0.1) is 0 Å². The van der Waals surface area contributed by atoms with Gasteiger partial charge in [0.2, 0.25) is 0 Å². The molecule has 3 rings (SSSR count). The lowest BCUT2D eigenvalue weighted by Gasteiger charge is -2.16. The molecule has 6 heteroatoms. The van der Waals surface area contributed by atoms with E-state index < -0.39 is 0 Å². The standard InChI is InChI=1S/C17H15Cl2NO3/c1-22-14-6-4-11-9-20(17(21)15(11)16(14)23-2)8-10-3-5-12(18)13(19)7-10/h3-7H,8-9H2,1-2H3. The molecule has 0 unspecified atom stereocenters. The normalized spacial score (nSPS) is 13.2. The van der Waals surface area contributed by atoms with Gasteiger partial charge >= 0.3 is 0 Å². The van der Waals surface area contributed by atoms with Crippen LogP contribution in [0.2, 0.25) is 10.0 Å². The van der Waals surface area contributed by atoms with E-state index in [0.717, 1.165) is 11.1 Å². The molecular weight excluding hydrogens is 337 g/mol. The maximum Gasteiger partial charge on any atom is 0.258 e. The highest BCUT2D eigenvalue weighted by Gasteiger charge is 2.32. The average molecular weight is 352 g/mol. The summed E-state index contributed by atoms with van der Waals surface area (Å²) in [6.07, 6.45) is 0. The van der Waals surface area contributed by atoms with Crippen molar-refractivity contribution in [3.8, 4) is 11.5 Å². The van der Waals surface area contributed by atoms with Crippen molar-refractivity contribution in [3.05, 3.63) is 57.1 Å². The van der Waals surface area contributed by atoms with Crippen LogP contribution in [0.5, 0.6) is 11.5 Å². The zero-order valence-corrected chi connectivity index (χ0v) is 14.2. The number of carbonyl (C=O) groups excluding carboxylic acids is 1. The number of hydrogen-bond acceptors (Lipinski definition) is 3. The minimum absolute atomic E-state index is 0.0816. The first-order chi connectivity index (χ1) is 11.0. The van der Waals surface area contributed by atoms with Crippen molar-refractivity contribution in [2.75, 3.05) is 14.2 Å². The third-order valence-electron chi connectivity index (χ3n) is 3.85. The maximum absolute atomic E-state index is 12.7. The van der Waals surface area contributed by atoms with Gasteiger partial charge in [0, 0.05) is 13.1 Å². The molecule has 1 aliphatic heterocycles. The van der Waals surface area contributed by atoms with Crippen LogP contribution in [-0.2, 0) is 13.1 Å². The van der Waals surface area contributed by atoms with Crippen molar-refractivity contribution in [2.24, 2.45) is 0 Å². The Balaban J connectivity index is 1.90. The van der Waals surface area contributed by atoms with Crippen molar-refractivity contribution in [3.63, 3.8) is 0 Å². The largest absolute Gasteiger partial charge is 0.493 e. The van der Waals surface area contributed by atoms with Gasteiger partial charge in [-0.15, -0.1) is 0 Å². The molecule has 1 amide bonds. The summed E-state index contributed by atoms with van der Waals surface area (Å²) in [5.41, 5.74) is 2.41. The molecule has 0 atom stereocenters. The van der Waals surface area contributed by atoms with E-state index in [-0.39, 0.29) is 5.91 Å². The molecular formula is C17H15Cl2NO3. The first-order valence-electron chi connectivity index (χ1n) is 7.02. The number of fused-ring (bicyclic) bond motifs is 1. The molecule has 0 aliphatic carbocycles. The van der Waals surface area contributed by atoms with Gasteiger partial charge in [-0.2, -0.15) is 0 Å². The highest BCUT2D eigenvalue weighted by Crippen LogP contribution is 2.38. The van der Waals surface area contributed by atoms with E-state index in [1.54, 1.807) is 24.1 Å². The molecule has 0 aromatic heterocycles. The fourth-order valence-corrected chi connectivity index (χ4v) is 3.08. The lowest BCUT2D eigenvalue weighted by Crippen LogP contribution is -2.23. The third-order valence-corrected chi connectivity index (χ3v) is 4.59. The highest BCUT2D eigenvalue weighted by molar-refractivity contribution is 6.42. The number of methoxy groups -OCH3 is 2. The highest BCUT2D eigenvalue weighted by atomic mass is 35.5. The quantitative estimate of drug-likeness (QED) is 0.829. The minimum atomic E-state index is -0.0816. The Labute approximate surface area is 144 Å². The summed E-state index contributed by atoms with van der Waals surface area (Å²) in [5, 5.41) is 0.977. The molecule has 0 fully saturated rings. The molecule has 0 radical (unpaired) electrons. The second-order valence-corrected chi connectivity index (χ2v) is 6.06. The van der Waals surface area contributed by atoms with Crippen LogP contribution in [0.15, 0.2) is 30.3 Å². The van der Waals surface area contributed by atoms with Crippen LogP contribution >= 0.6 is 23.2 Å². The Bertz CT molecular complexity index is 777. The van der Waals surface area contributed by atoms with Crippen LogP contribution in [-0.4, -0.2) is 25.0 Å². The van der Waals surface area contributed by atoms with E-state index in [0.29, 0.717) is 40.2 Å². The van der Waals surface area contributed by atoms with E-state index in [1.807, 2.05) is 18.2 Å². The van der Waals surface area contributed by atoms with E-state index >= 15 is 0 Å². The first-order valence-corrected chi connectivity index (χ1v) is 7.77. The predicted molar refractivity (Wildman–Crippen MR) is 89.6 cm³/mol. The molecule has 0 bridgehead atoms. The van der Waals surface area contributed by atoms with E-state index in [4.69, 9.17) is 32.7 Å². The molecule has 4 nitrogen and oxygen atoms in total. The van der Waals surface area contributed by atoms with Crippen LogP contribution in [0.25, 0.3) is 0 Å². The number of ether oxygens (including phenoxy) is 2. The van der Waals surface area contributed by atoms with Crippen molar-refractivity contribution >= 4 is 29.1 Å². The molecule has 2 aromatic carbocycles. The molecule has 0 saturated heterocycles. The Morgan fingerprint density at radius 1 is 1.09 bits per heavy atom. The number of benzene rings is 2. The predicted octanol–water partition coefficient (Wildman–Crippen LogP) is 4.17. The smallest absolute Gasteiger partial charge is 0.258 e. The number of halogens is 2. The molecule has 2 aromatic rings. The molecule has 0 N–H and O–H groups in total. The molecule has 23 heavy (non-hydrogen) atoms. The van der Waals surface area contributed by atoms with E-state index in [9.17, 15) is 4.79 Å². The van der Waals surface area contributed by atoms with Gasteiger partial charge in [-0.25, -0.2) is 0 Å². The minimum Gasteiger partial charge on any atom is -0.493 e. The Morgan fingerprint density at radius 3 is 2.52 bits per heavy atom. The van der Waals surface area contributed by atoms with Crippen molar-refractivity contribution < 1.29 is 14.3 Å². The SMILES string of the molecule is COc1ccc2c(c1OC)C(=O)N(Cc1ccc(Cl)c(Cl)c1)C2. The Kier molecular flexibility index (Phi) is 4.37. The zero-order chi connectivity index (χ0) is 16.6. The molecule has 1 heterocycles. The lowest BCUT2D eigenvalue weighted by molar-refractivity contribution is 0.0764. The summed E-state index contributed by atoms with van der Waals surface area (Å²) in [6, 6.07) is 9.08. The summed E-state index contributed by atoms with van der Waals surface area (Å²) in [5.74, 6) is 0.949. The average Bonchev–Trinajstić information content (AvgIpc) is 2.86. The van der Waals surface area contributed by atoms with Crippen LogP contribution in [0.3, 0.4) is 0 Å². The first kappa shape index (κ1) is 16.0. The summed E-state index contributed by atoms with van der Waals surface area (Å²) >= 11 is 12.0. The number of carbonyl (C=O) groups is 1. The monoisotopic (exact) mass is 351 g/mol. The van der Waals surface area contributed by atoms with Gasteiger partial charge < -0.3 is 14.4 Å². The van der Waals surface area contributed by atoms with Crippen molar-refractivity contribution in [1.29, 1.82) is 0 Å². The molecule has 0 spiro atoms. The Morgan fingerprint density at radius 2 is 1.87 bits per heavy atom. The zero-order valence-electron chi connectivity index (χ0n) is 12.7. The van der Waals surface area contributed by atoms with E-state index in [1.165, 1.54) is 7.11 Å². The second kappa shape index (κ2) is 6.30. The van der Waals surface area contributed by atoms with Gasteiger partial charge in [0.05, 0.1) is 29.8 Å². The molecule has 120 valence electrons. The van der Waals surface area contributed by atoms with Crippen LogP contribution < -0.4 is 9.47 Å². The number of nitrogens with zero attached hydrogens (tertiary/aromatic N) is 1. The number of rotatable bonds is 4. The van der Waals surface area contributed by atoms with Gasteiger partial charge in [-0.1, -0.05) is 35.3 Å². The van der Waals surface area contributed by atoms with Crippen LogP contribution in [0.1, 0.15) is 21.5 Å². The molecule has 0 saturated carbocycles. The van der Waals surface area contributed by atoms with Gasteiger partial charge in [-0.05, 0) is 29.3 Å². The van der Waals surface area contributed by atoms with Crippen molar-refractivity contribution in [1.82, 2.24) is 4.90 Å². The maximum atomic E-state index is 12.7. The van der Waals surface area contributed by atoms with E-state index in [2.05, 4.69) is 0 Å². The number of amides is 1. The van der Waals surface area contributed by atoms with Gasteiger partial charge in [-0.3, -0.25) is 4.79 Å². The Hall–Kier alpha value is -1.91. The van der Waals surface area contributed by atoms with Gasteiger partial charge in [0.15, 0.2) is 11.5 Å². The summed E-state index contributed by atoms with van der Waals surface area (Å²) < 4.78 is 10.6. The fraction of sp³-hybridized carbons (Fsp3) is 0.235. The fourth-order valence-electron chi connectivity index (χ4n) is 2.76. The van der Waals surface area contributed by atoms with Gasteiger partial charge in [0.25, 0.3) is 5.91 Å². The van der Waals surface area contributed by atoms with Gasteiger partial charge in [0.1, 0.15) is 0 Å². The lowest BCUT2D eigenvalue weighted by atomic mass is 10.1.